The molecule has 0 heterocycles. The third-order valence-electron chi connectivity index (χ3n) is 3.34. The van der Waals surface area contributed by atoms with Gasteiger partial charge >= 0.3 is 0 Å². The van der Waals surface area contributed by atoms with Crippen LogP contribution in [-0.2, 0) is 0 Å². The summed E-state index contributed by atoms with van der Waals surface area (Å²) in [4.78, 5) is 0. The Bertz CT molecular complexity index is 628. The molecule has 0 aliphatic heterocycles. The van der Waals surface area contributed by atoms with Crippen LogP contribution in [0.3, 0.4) is 0 Å². The standard InChI is InChI=1S/C16H15ClFNO/c17-11-4-7-14(15(18)9-11)16(19)10-2-1-3-13(8-10)20-12-5-6-12/h1-4,7-9,12,16H,5-6,19H2. The van der Waals surface area contributed by atoms with Gasteiger partial charge in [-0.3, -0.25) is 0 Å². The highest BCUT2D eigenvalue weighted by Gasteiger charge is 2.23. The summed E-state index contributed by atoms with van der Waals surface area (Å²) in [6.07, 6.45) is 2.53. The molecule has 1 unspecified atom stereocenters. The molecule has 1 atom stereocenters. The molecule has 2 nitrogen and oxygen atoms in total. The van der Waals surface area contributed by atoms with E-state index in [1.54, 1.807) is 12.1 Å². The van der Waals surface area contributed by atoms with Gasteiger partial charge in [-0.15, -0.1) is 0 Å². The first-order valence-electron chi connectivity index (χ1n) is 6.60. The van der Waals surface area contributed by atoms with E-state index in [4.69, 9.17) is 22.1 Å². The summed E-state index contributed by atoms with van der Waals surface area (Å²) in [6, 6.07) is 11.5. The van der Waals surface area contributed by atoms with Crippen molar-refractivity contribution in [2.45, 2.75) is 25.0 Å². The lowest BCUT2D eigenvalue weighted by molar-refractivity contribution is 0.303. The number of ether oxygens (including phenoxy) is 1. The van der Waals surface area contributed by atoms with Crippen molar-refractivity contribution in [1.82, 2.24) is 0 Å². The highest BCUT2D eigenvalue weighted by Crippen LogP contribution is 2.30. The van der Waals surface area contributed by atoms with E-state index in [1.165, 1.54) is 6.07 Å². The van der Waals surface area contributed by atoms with E-state index in [1.807, 2.05) is 24.3 Å². The average Bonchev–Trinajstić information content (AvgIpc) is 3.22. The van der Waals surface area contributed by atoms with Gasteiger partial charge in [0.1, 0.15) is 11.6 Å². The smallest absolute Gasteiger partial charge is 0.129 e. The Balaban J connectivity index is 1.86. The van der Waals surface area contributed by atoms with Crippen molar-refractivity contribution >= 4 is 11.6 Å². The van der Waals surface area contributed by atoms with E-state index in [0.717, 1.165) is 24.2 Å². The highest BCUT2D eigenvalue weighted by molar-refractivity contribution is 6.30. The molecule has 0 saturated heterocycles. The number of rotatable bonds is 4. The molecule has 0 amide bonds. The van der Waals surface area contributed by atoms with Crippen LogP contribution in [0.2, 0.25) is 5.02 Å². The zero-order valence-corrected chi connectivity index (χ0v) is 11.6. The summed E-state index contributed by atoms with van der Waals surface area (Å²) in [5.74, 6) is 0.397. The Morgan fingerprint density at radius 2 is 2.00 bits per heavy atom. The summed E-state index contributed by atoms with van der Waals surface area (Å²) in [6.45, 7) is 0. The van der Waals surface area contributed by atoms with Crippen LogP contribution in [0.4, 0.5) is 4.39 Å². The van der Waals surface area contributed by atoms with Crippen LogP contribution in [0.5, 0.6) is 5.75 Å². The van der Waals surface area contributed by atoms with Crippen LogP contribution >= 0.6 is 11.6 Å². The molecular formula is C16H15ClFNO. The number of halogens is 2. The Labute approximate surface area is 122 Å². The van der Waals surface area contributed by atoms with Gasteiger partial charge in [0.05, 0.1) is 12.1 Å². The van der Waals surface area contributed by atoms with Gasteiger partial charge in [-0.25, -0.2) is 4.39 Å². The molecule has 1 aliphatic carbocycles. The molecule has 0 spiro atoms. The Kier molecular flexibility index (Phi) is 3.64. The zero-order chi connectivity index (χ0) is 14.1. The maximum atomic E-state index is 13.9. The molecule has 0 bridgehead atoms. The molecule has 1 fully saturated rings. The minimum atomic E-state index is -0.532. The SMILES string of the molecule is NC(c1cccc(OC2CC2)c1)c1ccc(Cl)cc1F. The predicted molar refractivity (Wildman–Crippen MR) is 77.5 cm³/mol. The molecule has 4 heteroatoms. The Morgan fingerprint density at radius 1 is 1.20 bits per heavy atom. The van der Waals surface area contributed by atoms with Crippen LogP contribution in [-0.4, -0.2) is 6.10 Å². The van der Waals surface area contributed by atoms with Crippen molar-refractivity contribution in [3.8, 4) is 5.75 Å². The molecule has 2 N–H and O–H groups in total. The van der Waals surface area contributed by atoms with Crippen molar-refractivity contribution < 1.29 is 9.13 Å². The molecule has 3 rings (SSSR count). The molecule has 2 aromatic carbocycles. The fourth-order valence-electron chi connectivity index (χ4n) is 2.09. The van der Waals surface area contributed by atoms with Crippen LogP contribution in [0.25, 0.3) is 0 Å². The number of hydrogen-bond acceptors (Lipinski definition) is 2. The molecule has 0 radical (unpaired) electrons. The lowest BCUT2D eigenvalue weighted by Gasteiger charge is -2.15. The van der Waals surface area contributed by atoms with Crippen molar-refractivity contribution in [3.05, 3.63) is 64.4 Å². The summed E-state index contributed by atoms with van der Waals surface area (Å²) < 4.78 is 19.6. The minimum Gasteiger partial charge on any atom is -0.490 e. The second-order valence-corrected chi connectivity index (χ2v) is 5.47. The van der Waals surface area contributed by atoms with Gasteiger partial charge in [0.25, 0.3) is 0 Å². The van der Waals surface area contributed by atoms with E-state index in [0.29, 0.717) is 16.7 Å². The largest absolute Gasteiger partial charge is 0.490 e. The first kappa shape index (κ1) is 13.4. The van der Waals surface area contributed by atoms with E-state index in [-0.39, 0.29) is 0 Å². The van der Waals surface area contributed by atoms with Gasteiger partial charge in [-0.2, -0.15) is 0 Å². The van der Waals surface area contributed by atoms with Gasteiger partial charge in [0.15, 0.2) is 0 Å². The maximum absolute atomic E-state index is 13.9. The molecule has 0 aromatic heterocycles. The molecule has 20 heavy (non-hydrogen) atoms. The van der Waals surface area contributed by atoms with Crippen molar-refractivity contribution in [2.75, 3.05) is 0 Å². The third kappa shape index (κ3) is 2.94. The molecular weight excluding hydrogens is 277 g/mol. The van der Waals surface area contributed by atoms with Crippen molar-refractivity contribution in [1.29, 1.82) is 0 Å². The molecule has 104 valence electrons. The second kappa shape index (κ2) is 5.43. The maximum Gasteiger partial charge on any atom is 0.129 e. The van der Waals surface area contributed by atoms with E-state index < -0.39 is 11.9 Å². The lowest BCUT2D eigenvalue weighted by atomic mass is 9.99. The van der Waals surface area contributed by atoms with Gasteiger partial charge in [0.2, 0.25) is 0 Å². The summed E-state index contributed by atoms with van der Waals surface area (Å²) >= 11 is 5.76. The summed E-state index contributed by atoms with van der Waals surface area (Å²) in [7, 11) is 0. The predicted octanol–water partition coefficient (Wildman–Crippen LogP) is 4.07. The molecule has 2 aromatic rings. The quantitative estimate of drug-likeness (QED) is 0.921. The number of hydrogen-bond donors (Lipinski definition) is 1. The third-order valence-corrected chi connectivity index (χ3v) is 3.58. The highest BCUT2D eigenvalue weighted by atomic mass is 35.5. The van der Waals surface area contributed by atoms with Crippen LogP contribution < -0.4 is 10.5 Å². The fraction of sp³-hybridized carbons (Fsp3) is 0.250. The van der Waals surface area contributed by atoms with Crippen molar-refractivity contribution in [3.63, 3.8) is 0 Å². The monoisotopic (exact) mass is 291 g/mol. The second-order valence-electron chi connectivity index (χ2n) is 5.03. The topological polar surface area (TPSA) is 35.2 Å². The van der Waals surface area contributed by atoms with Gasteiger partial charge in [0, 0.05) is 10.6 Å². The lowest BCUT2D eigenvalue weighted by Crippen LogP contribution is -2.13. The van der Waals surface area contributed by atoms with Crippen LogP contribution in [0.1, 0.15) is 30.0 Å². The first-order chi connectivity index (χ1) is 9.63. The van der Waals surface area contributed by atoms with E-state index in [9.17, 15) is 4.39 Å². The normalized spacial score (nSPS) is 15.9. The van der Waals surface area contributed by atoms with Crippen LogP contribution in [0, 0.1) is 5.82 Å². The zero-order valence-electron chi connectivity index (χ0n) is 10.9. The van der Waals surface area contributed by atoms with Gasteiger partial charge in [-0.1, -0.05) is 29.8 Å². The number of benzene rings is 2. The molecule has 1 aliphatic rings. The number of nitrogens with two attached hydrogens (primary N) is 1. The van der Waals surface area contributed by atoms with Gasteiger partial charge in [-0.05, 0) is 42.7 Å². The summed E-state index contributed by atoms with van der Waals surface area (Å²) in [5.41, 5.74) is 7.40. The molecule has 1 saturated carbocycles. The minimum absolute atomic E-state index is 0.328. The van der Waals surface area contributed by atoms with E-state index >= 15 is 0 Å². The van der Waals surface area contributed by atoms with E-state index in [2.05, 4.69) is 0 Å². The van der Waals surface area contributed by atoms with Crippen LogP contribution in [0.15, 0.2) is 42.5 Å². The van der Waals surface area contributed by atoms with Gasteiger partial charge < -0.3 is 10.5 Å². The Hall–Kier alpha value is -1.58. The Morgan fingerprint density at radius 3 is 2.70 bits per heavy atom. The fourth-order valence-corrected chi connectivity index (χ4v) is 2.25. The average molecular weight is 292 g/mol. The first-order valence-corrected chi connectivity index (χ1v) is 6.98. The summed E-state index contributed by atoms with van der Waals surface area (Å²) in [5, 5.41) is 0.365. The van der Waals surface area contributed by atoms with Crippen molar-refractivity contribution in [2.24, 2.45) is 5.73 Å².